The standard InChI is InChI=1S/C10H20N2O5/c1-3-17-7(2)6-12-10(16)11-5-4-8(13)9(14)15/h7-8,13H,3-6H2,1-2H3,(H,14,15)(H2,11,12,16). The molecular weight excluding hydrogens is 228 g/mol. The van der Waals surface area contributed by atoms with Crippen molar-refractivity contribution in [2.45, 2.75) is 32.5 Å². The molecule has 7 nitrogen and oxygen atoms in total. The monoisotopic (exact) mass is 248 g/mol. The highest BCUT2D eigenvalue weighted by Gasteiger charge is 2.12. The number of aliphatic hydroxyl groups is 1. The molecule has 0 saturated carbocycles. The van der Waals surface area contributed by atoms with E-state index in [0.717, 1.165) is 0 Å². The number of ether oxygens (including phenoxy) is 1. The van der Waals surface area contributed by atoms with Crippen molar-refractivity contribution in [1.82, 2.24) is 10.6 Å². The van der Waals surface area contributed by atoms with Gasteiger partial charge in [-0.25, -0.2) is 9.59 Å². The lowest BCUT2D eigenvalue weighted by molar-refractivity contribution is -0.146. The highest BCUT2D eigenvalue weighted by molar-refractivity contribution is 5.74. The summed E-state index contributed by atoms with van der Waals surface area (Å²) in [7, 11) is 0. The van der Waals surface area contributed by atoms with Gasteiger partial charge in [-0.2, -0.15) is 0 Å². The number of amides is 2. The molecule has 0 aromatic rings. The van der Waals surface area contributed by atoms with Crippen LogP contribution in [-0.2, 0) is 9.53 Å². The maximum absolute atomic E-state index is 11.2. The van der Waals surface area contributed by atoms with E-state index in [1.165, 1.54) is 0 Å². The Morgan fingerprint density at radius 2 is 2.00 bits per heavy atom. The Bertz CT molecular complexity index is 247. The lowest BCUT2D eigenvalue weighted by Crippen LogP contribution is -2.41. The molecule has 0 aliphatic heterocycles. The molecule has 17 heavy (non-hydrogen) atoms. The number of carboxylic acid groups (broad SMARTS) is 1. The Hall–Kier alpha value is -1.34. The second-order valence-electron chi connectivity index (χ2n) is 3.55. The van der Waals surface area contributed by atoms with Crippen molar-refractivity contribution in [1.29, 1.82) is 0 Å². The Morgan fingerprint density at radius 3 is 2.53 bits per heavy atom. The molecule has 100 valence electrons. The number of hydrogen-bond donors (Lipinski definition) is 4. The Labute approximate surface area is 100 Å². The SMILES string of the molecule is CCOC(C)CNC(=O)NCCC(O)C(=O)O. The molecule has 0 saturated heterocycles. The molecule has 0 fully saturated rings. The summed E-state index contributed by atoms with van der Waals surface area (Å²) < 4.78 is 5.21. The van der Waals surface area contributed by atoms with Crippen molar-refractivity contribution in [3.05, 3.63) is 0 Å². The lowest BCUT2D eigenvalue weighted by atomic mass is 10.2. The molecule has 0 rings (SSSR count). The Kier molecular flexibility index (Phi) is 8.08. The summed E-state index contributed by atoms with van der Waals surface area (Å²) >= 11 is 0. The van der Waals surface area contributed by atoms with Gasteiger partial charge in [0.25, 0.3) is 0 Å². The maximum Gasteiger partial charge on any atom is 0.332 e. The van der Waals surface area contributed by atoms with E-state index >= 15 is 0 Å². The smallest absolute Gasteiger partial charge is 0.332 e. The van der Waals surface area contributed by atoms with E-state index in [1.807, 2.05) is 13.8 Å². The largest absolute Gasteiger partial charge is 0.479 e. The fourth-order valence-corrected chi connectivity index (χ4v) is 1.09. The predicted octanol–water partition coefficient (Wildman–Crippen LogP) is -0.454. The third-order valence-corrected chi connectivity index (χ3v) is 1.99. The average Bonchev–Trinajstić information content (AvgIpc) is 2.26. The normalized spacial score (nSPS) is 13.8. The zero-order chi connectivity index (χ0) is 13.3. The first-order valence-electron chi connectivity index (χ1n) is 5.51. The third kappa shape index (κ3) is 8.47. The topological polar surface area (TPSA) is 108 Å². The van der Waals surface area contributed by atoms with E-state index in [2.05, 4.69) is 10.6 Å². The minimum absolute atomic E-state index is 0.0240. The molecule has 0 aliphatic carbocycles. The van der Waals surface area contributed by atoms with Gasteiger partial charge in [0, 0.05) is 26.1 Å². The van der Waals surface area contributed by atoms with Crippen LogP contribution in [0.5, 0.6) is 0 Å². The van der Waals surface area contributed by atoms with Crippen molar-refractivity contribution in [2.75, 3.05) is 19.7 Å². The van der Waals surface area contributed by atoms with E-state index < -0.39 is 18.1 Å². The summed E-state index contributed by atoms with van der Waals surface area (Å²) in [5.74, 6) is -1.29. The third-order valence-electron chi connectivity index (χ3n) is 1.99. The molecule has 7 heteroatoms. The minimum Gasteiger partial charge on any atom is -0.479 e. The molecule has 4 N–H and O–H groups in total. The van der Waals surface area contributed by atoms with Crippen LogP contribution >= 0.6 is 0 Å². The number of carbonyl (C=O) groups is 2. The second kappa shape index (κ2) is 8.77. The number of rotatable bonds is 8. The first-order chi connectivity index (χ1) is 7.97. The van der Waals surface area contributed by atoms with Crippen LogP contribution in [0.25, 0.3) is 0 Å². The predicted molar refractivity (Wildman–Crippen MR) is 60.7 cm³/mol. The number of urea groups is 1. The van der Waals surface area contributed by atoms with Gasteiger partial charge in [-0.05, 0) is 13.8 Å². The van der Waals surface area contributed by atoms with E-state index in [1.54, 1.807) is 0 Å². The first-order valence-corrected chi connectivity index (χ1v) is 5.51. The van der Waals surface area contributed by atoms with Crippen molar-refractivity contribution in [2.24, 2.45) is 0 Å². The van der Waals surface area contributed by atoms with Crippen LogP contribution in [0, 0.1) is 0 Å². The lowest BCUT2D eigenvalue weighted by Gasteiger charge is -2.13. The summed E-state index contributed by atoms with van der Waals surface area (Å²) in [6, 6.07) is -0.408. The summed E-state index contributed by atoms with van der Waals surface area (Å²) in [4.78, 5) is 21.5. The van der Waals surface area contributed by atoms with Crippen LogP contribution in [0.2, 0.25) is 0 Å². The fourth-order valence-electron chi connectivity index (χ4n) is 1.09. The average molecular weight is 248 g/mol. The molecule has 2 unspecified atom stereocenters. The number of nitrogens with one attached hydrogen (secondary N) is 2. The number of aliphatic hydroxyl groups excluding tert-OH is 1. The fraction of sp³-hybridized carbons (Fsp3) is 0.800. The molecule has 0 aliphatic rings. The number of carboxylic acids is 1. The Balaban J connectivity index is 3.56. The van der Waals surface area contributed by atoms with Gasteiger partial charge < -0.3 is 25.6 Å². The molecule has 0 aromatic carbocycles. The van der Waals surface area contributed by atoms with Gasteiger partial charge in [0.05, 0.1) is 6.10 Å². The highest BCUT2D eigenvalue weighted by Crippen LogP contribution is 1.90. The van der Waals surface area contributed by atoms with Gasteiger partial charge in [-0.3, -0.25) is 0 Å². The van der Waals surface area contributed by atoms with Gasteiger partial charge in [-0.15, -0.1) is 0 Å². The van der Waals surface area contributed by atoms with E-state index in [-0.39, 0.29) is 19.1 Å². The molecule has 0 radical (unpaired) electrons. The molecule has 0 spiro atoms. The number of aliphatic carboxylic acids is 1. The van der Waals surface area contributed by atoms with Crippen LogP contribution in [0.1, 0.15) is 20.3 Å². The molecule has 2 amide bonds. The molecule has 2 atom stereocenters. The van der Waals surface area contributed by atoms with Gasteiger partial charge in [0.1, 0.15) is 0 Å². The first kappa shape index (κ1) is 15.7. The molecular formula is C10H20N2O5. The summed E-state index contributed by atoms with van der Waals surface area (Å²) in [5, 5.41) is 22.3. The summed E-state index contributed by atoms with van der Waals surface area (Å²) in [6.07, 6.45) is -1.54. The van der Waals surface area contributed by atoms with Gasteiger partial charge in [0.2, 0.25) is 0 Å². The number of hydrogen-bond acceptors (Lipinski definition) is 4. The van der Waals surface area contributed by atoms with Gasteiger partial charge in [-0.1, -0.05) is 0 Å². The van der Waals surface area contributed by atoms with Crippen molar-refractivity contribution in [3.63, 3.8) is 0 Å². The van der Waals surface area contributed by atoms with Crippen molar-refractivity contribution >= 4 is 12.0 Å². The zero-order valence-electron chi connectivity index (χ0n) is 10.1. The minimum atomic E-state index is -1.45. The summed E-state index contributed by atoms with van der Waals surface area (Å²) in [6.45, 7) is 4.75. The van der Waals surface area contributed by atoms with E-state index in [4.69, 9.17) is 14.9 Å². The van der Waals surface area contributed by atoms with E-state index in [0.29, 0.717) is 13.2 Å². The van der Waals surface area contributed by atoms with Crippen LogP contribution in [0.3, 0.4) is 0 Å². The quantitative estimate of drug-likeness (QED) is 0.465. The zero-order valence-corrected chi connectivity index (χ0v) is 10.1. The summed E-state index contributed by atoms with van der Waals surface area (Å²) in [5.41, 5.74) is 0. The molecule has 0 bridgehead atoms. The van der Waals surface area contributed by atoms with Crippen LogP contribution in [-0.4, -0.2) is 54.1 Å². The number of carbonyl (C=O) groups excluding carboxylic acids is 1. The molecule has 0 heterocycles. The molecule has 0 aromatic heterocycles. The van der Waals surface area contributed by atoms with Crippen LogP contribution in [0.15, 0.2) is 0 Å². The van der Waals surface area contributed by atoms with E-state index in [9.17, 15) is 9.59 Å². The van der Waals surface area contributed by atoms with Gasteiger partial charge >= 0.3 is 12.0 Å². The maximum atomic E-state index is 11.2. The second-order valence-corrected chi connectivity index (χ2v) is 3.55. The Morgan fingerprint density at radius 1 is 1.35 bits per heavy atom. The highest BCUT2D eigenvalue weighted by atomic mass is 16.5. The van der Waals surface area contributed by atoms with Gasteiger partial charge in [0.15, 0.2) is 6.10 Å². The van der Waals surface area contributed by atoms with Crippen LogP contribution < -0.4 is 10.6 Å². The van der Waals surface area contributed by atoms with Crippen LogP contribution in [0.4, 0.5) is 4.79 Å². The van der Waals surface area contributed by atoms with Crippen molar-refractivity contribution in [3.8, 4) is 0 Å². The van der Waals surface area contributed by atoms with Crippen molar-refractivity contribution < 1.29 is 24.5 Å².